The number of nitrogens with zero attached hydrogens (tertiary/aromatic N) is 1. The first-order valence-electron chi connectivity index (χ1n) is 5.42. The van der Waals surface area contributed by atoms with Crippen LogP contribution in [0.4, 0.5) is 5.69 Å². The minimum atomic E-state index is -0.498. The zero-order valence-corrected chi connectivity index (χ0v) is 11.3. The smallest absolute Gasteiger partial charge is 0.312 e. The third-order valence-electron chi connectivity index (χ3n) is 2.47. The monoisotopic (exact) mass is 323 g/mol. The molecule has 1 N–H and O–H groups in total. The fraction of sp³-hybridized carbons (Fsp3) is 0.0769. The highest BCUT2D eigenvalue weighted by Gasteiger charge is 2.18. The number of halogens is 1. The average Bonchev–Trinajstić information content (AvgIpc) is 2.41. The van der Waals surface area contributed by atoms with E-state index in [9.17, 15) is 10.1 Å². The molecule has 19 heavy (non-hydrogen) atoms. The second-order valence-corrected chi connectivity index (χ2v) is 4.60. The summed E-state index contributed by atoms with van der Waals surface area (Å²) < 4.78 is 6.04. The van der Waals surface area contributed by atoms with Crippen LogP contribution in [0.1, 0.15) is 5.56 Å². The topological polar surface area (TPSA) is 72.6 Å². The summed E-state index contributed by atoms with van der Waals surface area (Å²) >= 11 is 3.23. The Bertz CT molecular complexity index is 598. The second kappa shape index (κ2) is 5.81. The molecule has 5 nitrogen and oxygen atoms in total. The van der Waals surface area contributed by atoms with E-state index in [2.05, 4.69) is 15.9 Å². The van der Waals surface area contributed by atoms with Crippen LogP contribution in [0.3, 0.4) is 0 Å². The van der Waals surface area contributed by atoms with Crippen molar-refractivity contribution < 1.29 is 14.8 Å². The van der Waals surface area contributed by atoms with Gasteiger partial charge in [0, 0.05) is 6.07 Å². The largest absolute Gasteiger partial charge is 0.449 e. The van der Waals surface area contributed by atoms with Gasteiger partial charge in [-0.3, -0.25) is 10.1 Å². The van der Waals surface area contributed by atoms with Crippen LogP contribution < -0.4 is 4.74 Å². The minimum Gasteiger partial charge on any atom is -0.449 e. The van der Waals surface area contributed by atoms with Gasteiger partial charge in [-0.15, -0.1) is 0 Å². The summed E-state index contributed by atoms with van der Waals surface area (Å²) in [7, 11) is 0. The molecule has 0 amide bonds. The molecule has 0 heterocycles. The van der Waals surface area contributed by atoms with Crippen LogP contribution in [0.25, 0.3) is 0 Å². The van der Waals surface area contributed by atoms with E-state index in [1.54, 1.807) is 36.4 Å². The third kappa shape index (κ3) is 3.10. The van der Waals surface area contributed by atoms with Crippen LogP contribution in [0.2, 0.25) is 0 Å². The molecule has 0 saturated heterocycles. The zero-order chi connectivity index (χ0) is 13.8. The lowest BCUT2D eigenvalue weighted by Crippen LogP contribution is -1.94. The van der Waals surface area contributed by atoms with E-state index in [1.165, 1.54) is 6.07 Å². The number of para-hydroxylation sites is 1. The van der Waals surface area contributed by atoms with Gasteiger partial charge >= 0.3 is 5.69 Å². The highest BCUT2D eigenvalue weighted by Crippen LogP contribution is 2.37. The van der Waals surface area contributed by atoms with E-state index in [1.807, 2.05) is 0 Å². The van der Waals surface area contributed by atoms with Crippen molar-refractivity contribution in [3.8, 4) is 11.5 Å². The summed E-state index contributed by atoms with van der Waals surface area (Å²) in [4.78, 5) is 10.4. The van der Waals surface area contributed by atoms with E-state index < -0.39 is 4.92 Å². The molecule has 0 aromatic heterocycles. The molecular formula is C13H10BrNO4. The molecule has 0 bridgehead atoms. The molecule has 0 spiro atoms. The lowest BCUT2D eigenvalue weighted by Gasteiger charge is -2.08. The van der Waals surface area contributed by atoms with Gasteiger partial charge in [0.1, 0.15) is 5.75 Å². The maximum absolute atomic E-state index is 10.9. The molecule has 0 saturated carbocycles. The average molecular weight is 324 g/mol. The number of aliphatic hydroxyl groups is 1. The Morgan fingerprint density at radius 2 is 1.89 bits per heavy atom. The lowest BCUT2D eigenvalue weighted by molar-refractivity contribution is -0.385. The van der Waals surface area contributed by atoms with Crippen LogP contribution in [0.15, 0.2) is 46.9 Å². The Kier molecular flexibility index (Phi) is 4.13. The number of ether oxygens (including phenoxy) is 1. The molecule has 6 heteroatoms. The number of aliphatic hydroxyl groups excluding tert-OH is 1. The fourth-order valence-corrected chi connectivity index (χ4v) is 1.96. The van der Waals surface area contributed by atoms with Crippen molar-refractivity contribution in [2.45, 2.75) is 6.61 Å². The minimum absolute atomic E-state index is 0.0601. The van der Waals surface area contributed by atoms with Gasteiger partial charge in [0.05, 0.1) is 16.0 Å². The first kappa shape index (κ1) is 13.5. The van der Waals surface area contributed by atoms with Gasteiger partial charge in [-0.1, -0.05) is 18.2 Å². The first-order chi connectivity index (χ1) is 9.11. The van der Waals surface area contributed by atoms with Crippen molar-refractivity contribution in [3.05, 3.63) is 62.6 Å². The molecular weight excluding hydrogens is 314 g/mol. The third-order valence-corrected chi connectivity index (χ3v) is 3.09. The van der Waals surface area contributed by atoms with Crippen molar-refractivity contribution in [3.63, 3.8) is 0 Å². The summed E-state index contributed by atoms with van der Waals surface area (Å²) in [6, 6.07) is 11.3. The van der Waals surface area contributed by atoms with Gasteiger partial charge in [-0.2, -0.15) is 0 Å². The molecule has 0 radical (unpaired) electrons. The van der Waals surface area contributed by atoms with Crippen LogP contribution in [-0.4, -0.2) is 10.0 Å². The molecule has 2 aromatic rings. The van der Waals surface area contributed by atoms with E-state index in [-0.39, 0.29) is 18.0 Å². The van der Waals surface area contributed by atoms with Crippen LogP contribution in [0.5, 0.6) is 11.5 Å². The Hall–Kier alpha value is -1.92. The molecule has 0 aliphatic carbocycles. The second-order valence-electron chi connectivity index (χ2n) is 3.75. The van der Waals surface area contributed by atoms with Crippen LogP contribution >= 0.6 is 15.9 Å². The summed E-state index contributed by atoms with van der Waals surface area (Å²) in [5, 5.41) is 19.9. The zero-order valence-electron chi connectivity index (χ0n) is 9.75. The molecule has 0 aliphatic rings. The number of nitro groups is 1. The van der Waals surface area contributed by atoms with E-state index >= 15 is 0 Å². The molecule has 2 rings (SSSR count). The summed E-state index contributed by atoms with van der Waals surface area (Å²) in [6.07, 6.45) is 0. The standard InChI is InChI=1S/C13H10BrNO4/c14-11-2-1-3-12(15(17)18)13(11)19-10-6-4-9(8-16)5-7-10/h1-7,16H,8H2. The van der Waals surface area contributed by atoms with Gasteiger partial charge in [-0.05, 0) is 39.7 Å². The number of hydrogen-bond acceptors (Lipinski definition) is 4. The highest BCUT2D eigenvalue weighted by atomic mass is 79.9. The number of rotatable bonds is 4. The Labute approximate surface area is 117 Å². The number of hydrogen-bond donors (Lipinski definition) is 1. The quantitative estimate of drug-likeness (QED) is 0.688. The predicted molar refractivity (Wildman–Crippen MR) is 73.2 cm³/mol. The number of nitro benzene ring substituents is 1. The highest BCUT2D eigenvalue weighted by molar-refractivity contribution is 9.10. The summed E-state index contributed by atoms with van der Waals surface area (Å²) in [5.74, 6) is 0.622. The summed E-state index contributed by atoms with van der Waals surface area (Å²) in [5.41, 5.74) is 0.634. The van der Waals surface area contributed by atoms with Gasteiger partial charge in [0.15, 0.2) is 0 Å². The molecule has 2 aromatic carbocycles. The molecule has 0 aliphatic heterocycles. The maximum Gasteiger partial charge on any atom is 0.312 e. The Balaban J connectivity index is 2.34. The maximum atomic E-state index is 10.9. The van der Waals surface area contributed by atoms with Crippen molar-refractivity contribution in [1.29, 1.82) is 0 Å². The lowest BCUT2D eigenvalue weighted by atomic mass is 10.2. The van der Waals surface area contributed by atoms with E-state index in [4.69, 9.17) is 9.84 Å². The molecule has 0 unspecified atom stereocenters. The van der Waals surface area contributed by atoms with E-state index in [0.717, 1.165) is 5.56 Å². The van der Waals surface area contributed by atoms with Crippen molar-refractivity contribution in [1.82, 2.24) is 0 Å². The molecule has 0 atom stereocenters. The van der Waals surface area contributed by atoms with Gasteiger partial charge < -0.3 is 9.84 Å². The fourth-order valence-electron chi connectivity index (χ4n) is 1.52. The van der Waals surface area contributed by atoms with E-state index in [0.29, 0.717) is 10.2 Å². The Morgan fingerprint density at radius 3 is 2.47 bits per heavy atom. The number of benzene rings is 2. The van der Waals surface area contributed by atoms with Gasteiger partial charge in [-0.25, -0.2) is 0 Å². The van der Waals surface area contributed by atoms with Crippen molar-refractivity contribution >= 4 is 21.6 Å². The van der Waals surface area contributed by atoms with Crippen LogP contribution in [0, 0.1) is 10.1 Å². The Morgan fingerprint density at radius 1 is 1.21 bits per heavy atom. The van der Waals surface area contributed by atoms with Crippen molar-refractivity contribution in [2.24, 2.45) is 0 Å². The SMILES string of the molecule is O=[N+]([O-])c1cccc(Br)c1Oc1ccc(CO)cc1. The van der Waals surface area contributed by atoms with Gasteiger partial charge in [0.25, 0.3) is 0 Å². The summed E-state index contributed by atoms with van der Waals surface area (Å²) in [6.45, 7) is -0.0601. The molecule has 0 fully saturated rings. The van der Waals surface area contributed by atoms with Crippen molar-refractivity contribution in [2.75, 3.05) is 0 Å². The van der Waals surface area contributed by atoms with Gasteiger partial charge in [0.2, 0.25) is 5.75 Å². The predicted octanol–water partition coefficient (Wildman–Crippen LogP) is 3.64. The first-order valence-corrected chi connectivity index (χ1v) is 6.21. The molecule has 98 valence electrons. The van der Waals surface area contributed by atoms with Crippen LogP contribution in [-0.2, 0) is 6.61 Å². The normalized spacial score (nSPS) is 10.2.